The molecular formula is C13H15N3O4. The molecule has 0 unspecified atom stereocenters. The van der Waals surface area contributed by atoms with Gasteiger partial charge < -0.3 is 21.5 Å². The Balaban J connectivity index is 2.13. The van der Waals surface area contributed by atoms with Gasteiger partial charge in [-0.05, 0) is 37.5 Å². The maximum Gasteiger partial charge on any atom is 0.329 e. The lowest BCUT2D eigenvalue weighted by Crippen LogP contribution is -2.59. The highest BCUT2D eigenvalue weighted by molar-refractivity contribution is 5.99. The van der Waals surface area contributed by atoms with Crippen molar-refractivity contribution in [3.63, 3.8) is 0 Å². The van der Waals surface area contributed by atoms with E-state index in [9.17, 15) is 14.4 Å². The van der Waals surface area contributed by atoms with Crippen LogP contribution in [0.25, 0.3) is 0 Å². The van der Waals surface area contributed by atoms with E-state index < -0.39 is 23.4 Å². The molecule has 1 aliphatic rings. The highest BCUT2D eigenvalue weighted by Gasteiger charge is 2.45. The van der Waals surface area contributed by atoms with Gasteiger partial charge in [0.05, 0.1) is 0 Å². The minimum absolute atomic E-state index is 0.267. The first-order chi connectivity index (χ1) is 9.43. The van der Waals surface area contributed by atoms with Crippen LogP contribution in [-0.2, 0) is 4.79 Å². The number of amides is 3. The number of carbonyl (C=O) groups excluding carboxylic acids is 2. The summed E-state index contributed by atoms with van der Waals surface area (Å²) in [6, 6.07) is 5.40. The Hall–Kier alpha value is -2.57. The number of aliphatic carboxylic acids is 1. The van der Waals surface area contributed by atoms with Crippen molar-refractivity contribution in [1.82, 2.24) is 5.32 Å². The van der Waals surface area contributed by atoms with E-state index in [1.54, 1.807) is 12.1 Å². The maximum atomic E-state index is 12.1. The van der Waals surface area contributed by atoms with Crippen LogP contribution in [0, 0.1) is 0 Å². The largest absolute Gasteiger partial charge is 0.480 e. The second-order valence-corrected chi connectivity index (χ2v) is 4.76. The maximum absolute atomic E-state index is 12.1. The Kier molecular flexibility index (Phi) is 3.60. The molecule has 5 N–H and O–H groups in total. The summed E-state index contributed by atoms with van der Waals surface area (Å²) in [6.07, 6.45) is 1.62. The molecule has 7 nitrogen and oxygen atoms in total. The van der Waals surface area contributed by atoms with Gasteiger partial charge in [-0.15, -0.1) is 0 Å². The van der Waals surface area contributed by atoms with Gasteiger partial charge in [0.25, 0.3) is 5.91 Å². The molecule has 1 aromatic rings. The summed E-state index contributed by atoms with van der Waals surface area (Å²) in [4.78, 5) is 34.0. The predicted octanol–water partition coefficient (Wildman–Crippen LogP) is 0.914. The van der Waals surface area contributed by atoms with E-state index in [4.69, 9.17) is 10.8 Å². The van der Waals surface area contributed by atoms with Crippen molar-refractivity contribution in [3.05, 3.63) is 29.8 Å². The normalized spacial score (nSPS) is 15.8. The third kappa shape index (κ3) is 2.71. The molecule has 0 spiro atoms. The first-order valence-corrected chi connectivity index (χ1v) is 6.15. The molecule has 0 aliphatic heterocycles. The van der Waals surface area contributed by atoms with Gasteiger partial charge in [-0.1, -0.05) is 6.07 Å². The van der Waals surface area contributed by atoms with Crippen LogP contribution in [-0.4, -0.2) is 28.6 Å². The van der Waals surface area contributed by atoms with E-state index in [1.165, 1.54) is 12.1 Å². The molecule has 1 fully saturated rings. The monoisotopic (exact) mass is 277 g/mol. The zero-order valence-corrected chi connectivity index (χ0v) is 10.7. The third-order valence-electron chi connectivity index (χ3n) is 3.36. The topological polar surface area (TPSA) is 122 Å². The minimum atomic E-state index is -1.16. The number of carbonyl (C=O) groups is 3. The van der Waals surface area contributed by atoms with E-state index in [1.807, 2.05) is 0 Å². The number of nitrogens with two attached hydrogens (primary N) is 1. The average Bonchev–Trinajstić information content (AvgIpc) is 2.32. The van der Waals surface area contributed by atoms with Gasteiger partial charge in [0.2, 0.25) is 0 Å². The number of urea groups is 1. The van der Waals surface area contributed by atoms with E-state index in [0.717, 1.165) is 6.42 Å². The fraction of sp³-hybridized carbons (Fsp3) is 0.308. The Bertz CT molecular complexity index is 566. The quantitative estimate of drug-likeness (QED) is 0.653. The number of carboxylic acid groups (broad SMARTS) is 1. The number of hydrogen-bond donors (Lipinski definition) is 4. The summed E-state index contributed by atoms with van der Waals surface area (Å²) in [6.45, 7) is 0. The van der Waals surface area contributed by atoms with Crippen molar-refractivity contribution in [3.8, 4) is 0 Å². The van der Waals surface area contributed by atoms with Crippen molar-refractivity contribution >= 4 is 23.6 Å². The zero-order chi connectivity index (χ0) is 14.8. The minimum Gasteiger partial charge on any atom is -0.480 e. The summed E-state index contributed by atoms with van der Waals surface area (Å²) < 4.78 is 0. The number of nitrogens with one attached hydrogen (secondary N) is 2. The highest BCUT2D eigenvalue weighted by atomic mass is 16.4. The molecule has 0 saturated heterocycles. The van der Waals surface area contributed by atoms with Crippen molar-refractivity contribution < 1.29 is 19.5 Å². The fourth-order valence-corrected chi connectivity index (χ4v) is 2.09. The van der Waals surface area contributed by atoms with Crippen molar-refractivity contribution in [2.24, 2.45) is 5.73 Å². The number of primary amides is 1. The van der Waals surface area contributed by atoms with Gasteiger partial charge in [0.15, 0.2) is 0 Å². The van der Waals surface area contributed by atoms with Gasteiger partial charge in [0.1, 0.15) is 5.54 Å². The van der Waals surface area contributed by atoms with E-state index >= 15 is 0 Å². The second kappa shape index (κ2) is 5.20. The molecule has 106 valence electrons. The molecule has 1 aromatic carbocycles. The molecule has 2 rings (SSSR count). The van der Waals surface area contributed by atoms with Gasteiger partial charge in [0, 0.05) is 11.3 Å². The standard InChI is InChI=1S/C13H15N3O4/c14-12(20)15-9-4-1-3-8(7-9)10(17)16-13(11(18)19)5-2-6-13/h1,3-4,7H,2,5-6H2,(H,16,17)(H,18,19)(H3,14,15,20). The lowest BCUT2D eigenvalue weighted by Gasteiger charge is -2.38. The number of rotatable bonds is 4. The Morgan fingerprint density at radius 1 is 1.25 bits per heavy atom. The molecular weight excluding hydrogens is 262 g/mol. The lowest BCUT2D eigenvalue weighted by atomic mass is 9.76. The molecule has 3 amide bonds. The van der Waals surface area contributed by atoms with Crippen molar-refractivity contribution in [2.75, 3.05) is 5.32 Å². The van der Waals surface area contributed by atoms with Crippen LogP contribution in [0.3, 0.4) is 0 Å². The van der Waals surface area contributed by atoms with Crippen LogP contribution in [0.15, 0.2) is 24.3 Å². The first kappa shape index (κ1) is 13.9. The fourth-order valence-electron chi connectivity index (χ4n) is 2.09. The molecule has 20 heavy (non-hydrogen) atoms. The number of hydrogen-bond acceptors (Lipinski definition) is 3. The van der Waals surface area contributed by atoms with E-state index in [-0.39, 0.29) is 5.56 Å². The van der Waals surface area contributed by atoms with Crippen LogP contribution >= 0.6 is 0 Å². The number of carboxylic acids is 1. The molecule has 1 aliphatic carbocycles. The predicted molar refractivity (Wildman–Crippen MR) is 71.3 cm³/mol. The summed E-state index contributed by atoms with van der Waals surface area (Å²) >= 11 is 0. The number of benzene rings is 1. The average molecular weight is 277 g/mol. The van der Waals surface area contributed by atoms with Crippen LogP contribution in [0.1, 0.15) is 29.6 Å². The molecule has 0 bridgehead atoms. The SMILES string of the molecule is NC(=O)Nc1cccc(C(=O)NC2(C(=O)O)CCC2)c1. The Morgan fingerprint density at radius 3 is 2.45 bits per heavy atom. The third-order valence-corrected chi connectivity index (χ3v) is 3.36. The Morgan fingerprint density at radius 2 is 1.95 bits per heavy atom. The van der Waals surface area contributed by atoms with Gasteiger partial charge in [-0.3, -0.25) is 4.79 Å². The molecule has 0 heterocycles. The smallest absolute Gasteiger partial charge is 0.329 e. The van der Waals surface area contributed by atoms with Gasteiger partial charge >= 0.3 is 12.0 Å². The van der Waals surface area contributed by atoms with Crippen LogP contribution in [0.2, 0.25) is 0 Å². The molecule has 7 heteroatoms. The van der Waals surface area contributed by atoms with Crippen LogP contribution in [0.5, 0.6) is 0 Å². The summed E-state index contributed by atoms with van der Waals surface area (Å²) in [7, 11) is 0. The lowest BCUT2D eigenvalue weighted by molar-refractivity contribution is -0.148. The van der Waals surface area contributed by atoms with E-state index in [2.05, 4.69) is 10.6 Å². The van der Waals surface area contributed by atoms with Gasteiger partial charge in [-0.2, -0.15) is 0 Å². The van der Waals surface area contributed by atoms with Crippen LogP contribution < -0.4 is 16.4 Å². The number of anilines is 1. The summed E-state index contributed by atoms with van der Waals surface area (Å²) in [5.74, 6) is -1.51. The highest BCUT2D eigenvalue weighted by Crippen LogP contribution is 2.32. The van der Waals surface area contributed by atoms with Crippen molar-refractivity contribution in [1.29, 1.82) is 0 Å². The second-order valence-electron chi connectivity index (χ2n) is 4.76. The molecule has 1 saturated carbocycles. The van der Waals surface area contributed by atoms with E-state index in [0.29, 0.717) is 18.5 Å². The van der Waals surface area contributed by atoms with Gasteiger partial charge in [-0.25, -0.2) is 9.59 Å². The first-order valence-electron chi connectivity index (χ1n) is 6.15. The molecule has 0 radical (unpaired) electrons. The van der Waals surface area contributed by atoms with Crippen LogP contribution in [0.4, 0.5) is 10.5 Å². The molecule has 0 aromatic heterocycles. The Labute approximate surface area is 115 Å². The summed E-state index contributed by atoms with van der Waals surface area (Å²) in [5.41, 5.74) is 4.48. The zero-order valence-electron chi connectivity index (χ0n) is 10.7. The molecule has 0 atom stereocenters. The van der Waals surface area contributed by atoms with Crippen molar-refractivity contribution in [2.45, 2.75) is 24.8 Å². The summed E-state index contributed by atoms with van der Waals surface area (Å²) in [5, 5.41) is 14.1.